The first-order valence-electron chi connectivity index (χ1n) is 5.67. The summed E-state index contributed by atoms with van der Waals surface area (Å²) in [6.45, 7) is 0.544. The maximum Gasteiger partial charge on any atom is 0.223 e. The Morgan fingerprint density at radius 1 is 1.62 bits per heavy atom. The van der Waals surface area contributed by atoms with E-state index >= 15 is 0 Å². The molecule has 0 aromatic carbocycles. The first kappa shape index (κ1) is 11.5. The number of hydrogen-bond acceptors (Lipinski definition) is 4. The van der Waals surface area contributed by atoms with Gasteiger partial charge in [-0.15, -0.1) is 11.3 Å². The highest BCUT2D eigenvalue weighted by molar-refractivity contribution is 7.09. The highest BCUT2D eigenvalue weighted by Gasteiger charge is 2.24. The molecule has 2 unspecified atom stereocenters. The Morgan fingerprint density at radius 2 is 2.50 bits per heavy atom. The Labute approximate surface area is 99.3 Å². The molecule has 2 atom stereocenters. The van der Waals surface area contributed by atoms with Gasteiger partial charge in [0.25, 0.3) is 0 Å². The molecule has 1 heterocycles. The minimum absolute atomic E-state index is 0.101. The molecule has 88 valence electrons. The molecule has 1 aromatic heterocycles. The van der Waals surface area contributed by atoms with Crippen molar-refractivity contribution in [2.24, 2.45) is 11.7 Å². The molecule has 0 radical (unpaired) electrons. The lowest BCUT2D eigenvalue weighted by molar-refractivity contribution is -0.126. The molecular weight excluding hydrogens is 222 g/mol. The van der Waals surface area contributed by atoms with Crippen LogP contribution in [0.3, 0.4) is 0 Å². The Kier molecular flexibility index (Phi) is 3.90. The summed E-state index contributed by atoms with van der Waals surface area (Å²) < 4.78 is 0. The molecule has 1 aliphatic carbocycles. The van der Waals surface area contributed by atoms with Crippen LogP contribution in [0.2, 0.25) is 0 Å². The summed E-state index contributed by atoms with van der Waals surface area (Å²) in [6, 6.07) is 0.198. The van der Waals surface area contributed by atoms with Gasteiger partial charge in [-0.25, -0.2) is 4.98 Å². The maximum atomic E-state index is 11.8. The van der Waals surface area contributed by atoms with Crippen molar-refractivity contribution in [2.45, 2.75) is 38.3 Å². The number of nitrogens with one attached hydrogen (secondary N) is 1. The van der Waals surface area contributed by atoms with Crippen molar-refractivity contribution in [3.8, 4) is 0 Å². The summed E-state index contributed by atoms with van der Waals surface area (Å²) >= 11 is 1.56. The second kappa shape index (κ2) is 5.41. The molecule has 1 fully saturated rings. The van der Waals surface area contributed by atoms with Gasteiger partial charge in [0.15, 0.2) is 0 Å². The lowest BCUT2D eigenvalue weighted by Crippen LogP contribution is -2.37. The van der Waals surface area contributed by atoms with Crippen LogP contribution in [0.1, 0.15) is 30.7 Å². The van der Waals surface area contributed by atoms with Crippen molar-refractivity contribution in [1.29, 1.82) is 0 Å². The van der Waals surface area contributed by atoms with Crippen molar-refractivity contribution in [3.05, 3.63) is 16.6 Å². The van der Waals surface area contributed by atoms with Crippen LogP contribution in [-0.4, -0.2) is 16.9 Å². The normalized spacial score (nSPS) is 25.3. The largest absolute Gasteiger partial charge is 0.349 e. The van der Waals surface area contributed by atoms with Crippen molar-refractivity contribution in [1.82, 2.24) is 10.3 Å². The van der Waals surface area contributed by atoms with E-state index in [-0.39, 0.29) is 17.9 Å². The third kappa shape index (κ3) is 3.02. The van der Waals surface area contributed by atoms with Crippen LogP contribution in [0.15, 0.2) is 11.6 Å². The molecule has 16 heavy (non-hydrogen) atoms. The fourth-order valence-corrected chi connectivity index (χ4v) is 2.67. The first-order chi connectivity index (χ1) is 7.75. The average molecular weight is 239 g/mol. The Hall–Kier alpha value is -0.940. The molecule has 5 heteroatoms. The van der Waals surface area contributed by atoms with Crippen LogP contribution in [-0.2, 0) is 11.3 Å². The Balaban J connectivity index is 1.79. The number of carbonyl (C=O) groups excluding carboxylic acids is 1. The summed E-state index contributed by atoms with van der Waals surface area (Å²) in [5.41, 5.74) is 5.86. The minimum Gasteiger partial charge on any atom is -0.349 e. The van der Waals surface area contributed by atoms with E-state index in [1.54, 1.807) is 17.5 Å². The zero-order chi connectivity index (χ0) is 11.4. The summed E-state index contributed by atoms with van der Waals surface area (Å²) in [4.78, 5) is 16.0. The Bertz CT molecular complexity index is 339. The summed E-state index contributed by atoms with van der Waals surface area (Å²) in [5.74, 6) is 0.231. The third-order valence-corrected chi connectivity index (χ3v) is 3.76. The zero-order valence-corrected chi connectivity index (χ0v) is 10.0. The van der Waals surface area contributed by atoms with Gasteiger partial charge < -0.3 is 11.1 Å². The summed E-state index contributed by atoms with van der Waals surface area (Å²) in [6.07, 6.45) is 5.66. The number of nitrogens with zero attached hydrogens (tertiary/aromatic N) is 1. The van der Waals surface area contributed by atoms with Crippen LogP contribution in [0.4, 0.5) is 0 Å². The van der Waals surface area contributed by atoms with Gasteiger partial charge in [-0.1, -0.05) is 6.42 Å². The van der Waals surface area contributed by atoms with Crippen LogP contribution in [0, 0.1) is 5.92 Å². The van der Waals surface area contributed by atoms with E-state index in [9.17, 15) is 4.79 Å². The summed E-state index contributed by atoms with van der Waals surface area (Å²) in [7, 11) is 0. The molecule has 0 spiro atoms. The number of hydrogen-bond donors (Lipinski definition) is 2. The predicted molar refractivity (Wildman–Crippen MR) is 63.9 cm³/mol. The topological polar surface area (TPSA) is 68.0 Å². The van der Waals surface area contributed by atoms with E-state index in [2.05, 4.69) is 10.3 Å². The monoisotopic (exact) mass is 239 g/mol. The highest BCUT2D eigenvalue weighted by Crippen LogP contribution is 2.23. The number of rotatable bonds is 3. The van der Waals surface area contributed by atoms with E-state index in [0.717, 1.165) is 30.7 Å². The molecular formula is C11H17N3OS. The molecule has 4 nitrogen and oxygen atoms in total. The number of thiazole rings is 1. The molecule has 3 N–H and O–H groups in total. The number of nitrogens with two attached hydrogens (primary N) is 1. The van der Waals surface area contributed by atoms with Gasteiger partial charge in [-0.05, 0) is 19.3 Å². The molecule has 0 bridgehead atoms. The van der Waals surface area contributed by atoms with Gasteiger partial charge in [-0.3, -0.25) is 4.79 Å². The van der Waals surface area contributed by atoms with Gasteiger partial charge >= 0.3 is 0 Å². The standard InChI is InChI=1S/C11H17N3OS/c12-9-3-1-2-8(6-9)11(15)14-7-10-13-4-5-16-10/h4-5,8-9H,1-3,6-7,12H2,(H,14,15). The molecule has 0 saturated heterocycles. The van der Waals surface area contributed by atoms with E-state index in [1.807, 2.05) is 5.38 Å². The molecule has 1 saturated carbocycles. The second-order valence-corrected chi connectivity index (χ2v) is 5.25. The number of amides is 1. The third-order valence-electron chi connectivity index (χ3n) is 2.98. The summed E-state index contributed by atoms with van der Waals surface area (Å²) in [5, 5.41) is 5.80. The number of aromatic nitrogens is 1. The van der Waals surface area contributed by atoms with Crippen LogP contribution in [0.25, 0.3) is 0 Å². The van der Waals surface area contributed by atoms with Gasteiger partial charge in [0.1, 0.15) is 5.01 Å². The van der Waals surface area contributed by atoms with Gasteiger partial charge in [0.05, 0.1) is 6.54 Å². The second-order valence-electron chi connectivity index (χ2n) is 4.27. The average Bonchev–Trinajstić information content (AvgIpc) is 2.78. The number of carbonyl (C=O) groups is 1. The predicted octanol–water partition coefficient (Wildman–Crippen LogP) is 1.28. The van der Waals surface area contributed by atoms with Gasteiger partial charge in [0, 0.05) is 23.5 Å². The highest BCUT2D eigenvalue weighted by atomic mass is 32.1. The smallest absolute Gasteiger partial charge is 0.223 e. The van der Waals surface area contributed by atoms with Gasteiger partial charge in [-0.2, -0.15) is 0 Å². The molecule has 2 rings (SSSR count). The van der Waals surface area contributed by atoms with E-state index in [4.69, 9.17) is 5.73 Å². The lowest BCUT2D eigenvalue weighted by Gasteiger charge is -2.25. The Morgan fingerprint density at radius 3 is 3.19 bits per heavy atom. The van der Waals surface area contributed by atoms with E-state index in [0.29, 0.717) is 6.54 Å². The van der Waals surface area contributed by atoms with Crippen LogP contribution in [0.5, 0.6) is 0 Å². The first-order valence-corrected chi connectivity index (χ1v) is 6.55. The van der Waals surface area contributed by atoms with Crippen molar-refractivity contribution in [3.63, 3.8) is 0 Å². The van der Waals surface area contributed by atoms with Gasteiger partial charge in [0.2, 0.25) is 5.91 Å². The zero-order valence-electron chi connectivity index (χ0n) is 9.19. The lowest BCUT2D eigenvalue weighted by atomic mass is 9.85. The van der Waals surface area contributed by atoms with Crippen molar-refractivity contribution >= 4 is 17.2 Å². The fourth-order valence-electron chi connectivity index (χ4n) is 2.11. The SMILES string of the molecule is NC1CCCC(C(=O)NCc2nccs2)C1. The molecule has 1 aromatic rings. The van der Waals surface area contributed by atoms with Crippen molar-refractivity contribution in [2.75, 3.05) is 0 Å². The van der Waals surface area contributed by atoms with Crippen LogP contribution >= 0.6 is 11.3 Å². The van der Waals surface area contributed by atoms with E-state index < -0.39 is 0 Å². The van der Waals surface area contributed by atoms with Crippen molar-refractivity contribution < 1.29 is 4.79 Å². The maximum absolute atomic E-state index is 11.8. The quantitative estimate of drug-likeness (QED) is 0.835. The fraction of sp³-hybridized carbons (Fsp3) is 0.636. The molecule has 1 aliphatic rings. The van der Waals surface area contributed by atoms with E-state index in [1.165, 1.54) is 0 Å². The molecule has 0 aliphatic heterocycles. The minimum atomic E-state index is 0.101. The van der Waals surface area contributed by atoms with Crippen LogP contribution < -0.4 is 11.1 Å². The molecule has 1 amide bonds.